The number of fused-ring (bicyclic) bond motifs is 1. The first kappa shape index (κ1) is 15.7. The Bertz CT molecular complexity index is 656. The SMILES string of the molecule is C[C@H]1C[C@H]1C(=O)N1C[C@@H]2[C@@H](CNC(=O)c3cccn3C)CO[C@@H]2C1. The van der Waals surface area contributed by atoms with Crippen LogP contribution in [0.15, 0.2) is 18.3 Å². The highest BCUT2D eigenvalue weighted by atomic mass is 16.5. The predicted octanol–water partition coefficient (Wildman–Crippen LogP) is 0.884. The van der Waals surface area contributed by atoms with Gasteiger partial charge >= 0.3 is 0 Å². The largest absolute Gasteiger partial charge is 0.376 e. The van der Waals surface area contributed by atoms with Crippen LogP contribution in [0.5, 0.6) is 0 Å². The van der Waals surface area contributed by atoms with Gasteiger partial charge in [-0.2, -0.15) is 0 Å². The van der Waals surface area contributed by atoms with E-state index >= 15 is 0 Å². The zero-order valence-electron chi connectivity index (χ0n) is 14.3. The monoisotopic (exact) mass is 331 g/mol. The van der Waals surface area contributed by atoms with E-state index < -0.39 is 0 Å². The zero-order chi connectivity index (χ0) is 16.8. The lowest BCUT2D eigenvalue weighted by atomic mass is 9.93. The van der Waals surface area contributed by atoms with Gasteiger partial charge in [-0.3, -0.25) is 9.59 Å². The van der Waals surface area contributed by atoms with E-state index in [0.29, 0.717) is 36.6 Å². The van der Waals surface area contributed by atoms with E-state index in [1.54, 1.807) is 0 Å². The molecular weight excluding hydrogens is 306 g/mol. The fraction of sp³-hybridized carbons (Fsp3) is 0.667. The molecule has 6 nitrogen and oxygen atoms in total. The third-order valence-corrected chi connectivity index (χ3v) is 5.88. The zero-order valence-corrected chi connectivity index (χ0v) is 14.3. The van der Waals surface area contributed by atoms with Crippen LogP contribution in [0.1, 0.15) is 23.8 Å². The van der Waals surface area contributed by atoms with E-state index in [-0.39, 0.29) is 23.8 Å². The summed E-state index contributed by atoms with van der Waals surface area (Å²) in [5.41, 5.74) is 0.663. The number of ether oxygens (including phenoxy) is 1. The second-order valence-electron chi connectivity index (χ2n) is 7.57. The average molecular weight is 331 g/mol. The summed E-state index contributed by atoms with van der Waals surface area (Å²) in [6.07, 6.45) is 3.03. The summed E-state index contributed by atoms with van der Waals surface area (Å²) < 4.78 is 7.71. The molecule has 1 N–H and O–H groups in total. The highest BCUT2D eigenvalue weighted by Gasteiger charge is 2.49. The number of amides is 2. The molecule has 130 valence electrons. The van der Waals surface area contributed by atoms with Crippen molar-refractivity contribution in [1.29, 1.82) is 0 Å². The number of aryl methyl sites for hydroxylation is 1. The number of carbonyl (C=O) groups is 2. The van der Waals surface area contributed by atoms with Crippen LogP contribution in [0.3, 0.4) is 0 Å². The minimum absolute atomic E-state index is 0.0521. The van der Waals surface area contributed by atoms with Crippen LogP contribution in [0.25, 0.3) is 0 Å². The molecule has 2 saturated heterocycles. The van der Waals surface area contributed by atoms with Crippen LogP contribution in [0.2, 0.25) is 0 Å². The molecular formula is C18H25N3O3. The van der Waals surface area contributed by atoms with Gasteiger partial charge in [-0.05, 0) is 24.5 Å². The van der Waals surface area contributed by atoms with Gasteiger partial charge in [0.1, 0.15) is 5.69 Å². The first-order chi connectivity index (χ1) is 11.5. The van der Waals surface area contributed by atoms with Crippen LogP contribution < -0.4 is 5.32 Å². The van der Waals surface area contributed by atoms with Crippen molar-refractivity contribution in [2.24, 2.45) is 30.7 Å². The Morgan fingerprint density at radius 1 is 1.38 bits per heavy atom. The normalized spacial score (nSPS) is 34.2. The Morgan fingerprint density at radius 2 is 2.17 bits per heavy atom. The van der Waals surface area contributed by atoms with Gasteiger partial charge in [-0.15, -0.1) is 0 Å². The molecule has 3 fully saturated rings. The predicted molar refractivity (Wildman–Crippen MR) is 88.3 cm³/mol. The van der Waals surface area contributed by atoms with Gasteiger partial charge in [0, 0.05) is 50.6 Å². The number of nitrogens with one attached hydrogen (secondary N) is 1. The number of hydrogen-bond donors (Lipinski definition) is 1. The van der Waals surface area contributed by atoms with Crippen molar-refractivity contribution in [1.82, 2.24) is 14.8 Å². The molecule has 0 aromatic carbocycles. The average Bonchev–Trinajstić information content (AvgIpc) is 2.94. The molecule has 0 spiro atoms. The topological polar surface area (TPSA) is 63.6 Å². The smallest absolute Gasteiger partial charge is 0.267 e. The molecule has 2 amide bonds. The minimum Gasteiger partial charge on any atom is -0.376 e. The van der Waals surface area contributed by atoms with Crippen LogP contribution in [-0.2, 0) is 16.6 Å². The number of aromatic nitrogens is 1. The molecule has 2 aliphatic heterocycles. The van der Waals surface area contributed by atoms with Crippen LogP contribution in [-0.4, -0.2) is 53.6 Å². The number of carbonyl (C=O) groups excluding carboxylic acids is 2. The highest BCUT2D eigenvalue weighted by Crippen LogP contribution is 2.41. The summed E-state index contributed by atoms with van der Waals surface area (Å²) >= 11 is 0. The van der Waals surface area contributed by atoms with E-state index in [1.165, 1.54) is 0 Å². The summed E-state index contributed by atoms with van der Waals surface area (Å²) in [5, 5.41) is 3.02. The molecule has 6 heteroatoms. The highest BCUT2D eigenvalue weighted by molar-refractivity contribution is 5.92. The van der Waals surface area contributed by atoms with Crippen molar-refractivity contribution in [3.8, 4) is 0 Å². The second kappa shape index (κ2) is 5.92. The van der Waals surface area contributed by atoms with E-state index in [1.807, 2.05) is 34.8 Å². The standard InChI is InChI=1S/C18H25N3O3/c1-11-6-13(11)18(23)21-8-14-12(10-24-16(14)9-21)7-19-17(22)15-4-3-5-20(15)2/h3-5,11-14,16H,6-10H2,1-2H3,(H,19,22)/t11-,12-,13+,14+,16+/m0/s1. The van der Waals surface area contributed by atoms with Gasteiger partial charge in [0.05, 0.1) is 12.7 Å². The third-order valence-electron chi connectivity index (χ3n) is 5.88. The lowest BCUT2D eigenvalue weighted by molar-refractivity contribution is -0.132. The Labute approximate surface area is 142 Å². The molecule has 1 aliphatic carbocycles. The maximum absolute atomic E-state index is 12.4. The van der Waals surface area contributed by atoms with E-state index in [4.69, 9.17) is 4.74 Å². The number of nitrogens with zero attached hydrogens (tertiary/aromatic N) is 2. The molecule has 3 heterocycles. The lowest BCUT2D eigenvalue weighted by Crippen LogP contribution is -2.36. The van der Waals surface area contributed by atoms with Gasteiger partial charge < -0.3 is 19.5 Å². The maximum Gasteiger partial charge on any atom is 0.267 e. The fourth-order valence-corrected chi connectivity index (χ4v) is 4.10. The Kier molecular flexibility index (Phi) is 3.87. The van der Waals surface area contributed by atoms with Crippen molar-refractivity contribution in [3.05, 3.63) is 24.0 Å². The van der Waals surface area contributed by atoms with Gasteiger partial charge in [0.15, 0.2) is 0 Å². The number of hydrogen-bond acceptors (Lipinski definition) is 3. The lowest BCUT2D eigenvalue weighted by Gasteiger charge is -2.20. The first-order valence-corrected chi connectivity index (χ1v) is 8.84. The quantitative estimate of drug-likeness (QED) is 0.891. The molecule has 0 unspecified atom stereocenters. The molecule has 4 rings (SSSR count). The van der Waals surface area contributed by atoms with Crippen molar-refractivity contribution in [2.45, 2.75) is 19.4 Å². The molecule has 5 atom stereocenters. The van der Waals surface area contributed by atoms with Gasteiger partial charge in [0.2, 0.25) is 5.91 Å². The van der Waals surface area contributed by atoms with Crippen LogP contribution in [0, 0.1) is 23.7 Å². The van der Waals surface area contributed by atoms with Crippen molar-refractivity contribution in [2.75, 3.05) is 26.2 Å². The second-order valence-corrected chi connectivity index (χ2v) is 7.57. The third kappa shape index (κ3) is 2.73. The first-order valence-electron chi connectivity index (χ1n) is 8.84. The molecule has 3 aliphatic rings. The molecule has 1 aromatic rings. The summed E-state index contributed by atoms with van der Waals surface area (Å²) in [6, 6.07) is 3.68. The molecule has 24 heavy (non-hydrogen) atoms. The molecule has 0 radical (unpaired) electrons. The Hall–Kier alpha value is -1.82. The van der Waals surface area contributed by atoms with Crippen LogP contribution in [0.4, 0.5) is 0 Å². The Morgan fingerprint density at radius 3 is 2.83 bits per heavy atom. The molecule has 0 bridgehead atoms. The summed E-state index contributed by atoms with van der Waals surface area (Å²) in [6.45, 7) is 4.90. The van der Waals surface area contributed by atoms with Crippen molar-refractivity contribution >= 4 is 11.8 Å². The summed E-state index contributed by atoms with van der Waals surface area (Å²) in [4.78, 5) is 26.6. The van der Waals surface area contributed by atoms with Crippen molar-refractivity contribution < 1.29 is 14.3 Å². The molecule has 1 aromatic heterocycles. The Balaban J connectivity index is 1.32. The minimum atomic E-state index is -0.0521. The van der Waals surface area contributed by atoms with Crippen molar-refractivity contribution in [3.63, 3.8) is 0 Å². The van der Waals surface area contributed by atoms with Crippen LogP contribution >= 0.6 is 0 Å². The van der Waals surface area contributed by atoms with Gasteiger partial charge in [0.25, 0.3) is 5.91 Å². The fourth-order valence-electron chi connectivity index (χ4n) is 4.10. The number of likely N-dealkylation sites (tertiary alicyclic amines) is 1. The van der Waals surface area contributed by atoms with E-state index in [9.17, 15) is 9.59 Å². The molecule has 1 saturated carbocycles. The maximum atomic E-state index is 12.4. The number of rotatable bonds is 4. The van der Waals surface area contributed by atoms with E-state index in [2.05, 4.69) is 12.2 Å². The van der Waals surface area contributed by atoms with Gasteiger partial charge in [-0.1, -0.05) is 6.92 Å². The van der Waals surface area contributed by atoms with Gasteiger partial charge in [-0.25, -0.2) is 0 Å². The summed E-state index contributed by atoms with van der Waals surface area (Å²) in [7, 11) is 1.86. The summed E-state index contributed by atoms with van der Waals surface area (Å²) in [5.74, 6) is 1.65. The van der Waals surface area contributed by atoms with E-state index in [0.717, 1.165) is 19.5 Å².